The number of nitrogens with zero attached hydrogens (tertiary/aromatic N) is 4. The first-order valence-corrected chi connectivity index (χ1v) is 11.7. The number of hydrogen-bond donors (Lipinski definition) is 5. The molecule has 5 rings (SSSR count). The second kappa shape index (κ2) is 9.73. The average molecular weight is 517 g/mol. The summed E-state index contributed by atoms with van der Waals surface area (Å²) in [4.78, 5) is 36.6. The molecule has 4 aromatic rings. The van der Waals surface area contributed by atoms with Crippen molar-refractivity contribution < 1.29 is 19.1 Å². The summed E-state index contributed by atoms with van der Waals surface area (Å²) in [5.41, 5.74) is 11.5. The molecule has 0 spiro atoms. The lowest BCUT2D eigenvalue weighted by Crippen LogP contribution is -2.59. The molecule has 194 valence electrons. The molecular weight excluding hydrogens is 491 g/mol. The molecule has 0 radical (unpaired) electrons. The van der Waals surface area contributed by atoms with Gasteiger partial charge in [-0.3, -0.25) is 19.2 Å². The van der Waals surface area contributed by atoms with E-state index in [1.807, 2.05) is 50.2 Å². The van der Waals surface area contributed by atoms with E-state index >= 15 is 0 Å². The number of para-hydroxylation sites is 1. The highest BCUT2D eigenvalue weighted by Crippen LogP contribution is 2.28. The summed E-state index contributed by atoms with van der Waals surface area (Å²) in [6, 6.07) is 14.0. The predicted octanol–water partition coefficient (Wildman–Crippen LogP) is 3.30. The number of benzene rings is 2. The normalized spacial score (nSPS) is 15.4. The second-order valence-corrected chi connectivity index (χ2v) is 8.84. The topological polar surface area (TPSA) is 150 Å². The van der Waals surface area contributed by atoms with E-state index in [0.29, 0.717) is 11.4 Å². The van der Waals surface area contributed by atoms with Gasteiger partial charge in [0.05, 0.1) is 6.04 Å². The summed E-state index contributed by atoms with van der Waals surface area (Å²) in [6.45, 7) is 3.70. The SMILES string of the molecule is Cc1ccn2c1C(=O)N(c1ccccc1)C([C@H](C)Nc1ncnc(N)c1C(=O)Nc1ccc(O)c(F)c1)N2. The number of phenols is 1. The van der Waals surface area contributed by atoms with Gasteiger partial charge in [0.2, 0.25) is 0 Å². The third-order valence-electron chi connectivity index (χ3n) is 6.24. The number of phenolic OH excluding ortho intramolecular Hbond substituents is 1. The first kappa shape index (κ1) is 24.6. The molecule has 12 heteroatoms. The zero-order chi connectivity index (χ0) is 27.0. The summed E-state index contributed by atoms with van der Waals surface area (Å²) < 4.78 is 15.5. The Morgan fingerprint density at radius 2 is 1.95 bits per heavy atom. The molecule has 1 aliphatic rings. The summed E-state index contributed by atoms with van der Waals surface area (Å²) in [5, 5.41) is 15.2. The van der Waals surface area contributed by atoms with Gasteiger partial charge in [0.15, 0.2) is 11.6 Å². The van der Waals surface area contributed by atoms with Crippen molar-refractivity contribution in [3.8, 4) is 5.75 Å². The fourth-order valence-electron chi connectivity index (χ4n) is 4.36. The maximum Gasteiger partial charge on any atom is 0.278 e. The standard InChI is InChI=1S/C26H25FN8O3/c1-14-10-11-34-21(14)26(38)35(17-6-4-3-5-7-17)24(33-34)15(2)31-23-20(22(28)29-13-30-23)25(37)32-16-8-9-19(36)18(27)12-16/h3-13,15,24,33,36H,1-2H3,(H,32,37)(H3,28,29,30,31)/t15-,24?/m0/s1. The number of fused-ring (bicyclic) bond motifs is 1. The molecule has 0 aliphatic carbocycles. The van der Waals surface area contributed by atoms with Crippen molar-refractivity contribution in [1.29, 1.82) is 0 Å². The van der Waals surface area contributed by atoms with Crippen molar-refractivity contribution in [2.45, 2.75) is 26.1 Å². The third-order valence-corrected chi connectivity index (χ3v) is 6.24. The van der Waals surface area contributed by atoms with Crippen molar-refractivity contribution in [2.75, 3.05) is 26.7 Å². The summed E-state index contributed by atoms with van der Waals surface area (Å²) >= 11 is 0. The van der Waals surface area contributed by atoms with E-state index in [1.165, 1.54) is 12.4 Å². The molecule has 1 unspecified atom stereocenters. The van der Waals surface area contributed by atoms with Crippen LogP contribution in [0.1, 0.15) is 33.3 Å². The van der Waals surface area contributed by atoms with Crippen molar-refractivity contribution in [2.24, 2.45) is 0 Å². The molecular formula is C26H25FN8O3. The van der Waals surface area contributed by atoms with Gasteiger partial charge in [0, 0.05) is 23.6 Å². The van der Waals surface area contributed by atoms with Crippen LogP contribution in [0.25, 0.3) is 0 Å². The van der Waals surface area contributed by atoms with Crippen molar-refractivity contribution in [3.63, 3.8) is 0 Å². The fraction of sp³-hybridized carbons (Fsp3) is 0.154. The summed E-state index contributed by atoms with van der Waals surface area (Å²) in [6.07, 6.45) is 2.40. The van der Waals surface area contributed by atoms with Crippen LogP contribution in [0.5, 0.6) is 5.75 Å². The summed E-state index contributed by atoms with van der Waals surface area (Å²) in [7, 11) is 0. The predicted molar refractivity (Wildman–Crippen MR) is 141 cm³/mol. The van der Waals surface area contributed by atoms with Crippen molar-refractivity contribution in [3.05, 3.63) is 89.8 Å². The molecule has 11 nitrogen and oxygen atoms in total. The Balaban J connectivity index is 1.46. The molecule has 3 heterocycles. The van der Waals surface area contributed by atoms with Gasteiger partial charge in [-0.25, -0.2) is 14.4 Å². The molecule has 0 saturated heterocycles. The van der Waals surface area contributed by atoms with E-state index < -0.39 is 29.7 Å². The van der Waals surface area contributed by atoms with E-state index in [9.17, 15) is 19.1 Å². The molecule has 2 amide bonds. The van der Waals surface area contributed by atoms with Crippen LogP contribution >= 0.6 is 0 Å². The van der Waals surface area contributed by atoms with E-state index in [1.54, 1.807) is 15.8 Å². The van der Waals surface area contributed by atoms with Crippen LogP contribution in [0.2, 0.25) is 0 Å². The van der Waals surface area contributed by atoms with Crippen LogP contribution in [0, 0.1) is 12.7 Å². The Hall–Kier alpha value is -5.13. The minimum atomic E-state index is -0.888. The van der Waals surface area contributed by atoms with Crippen LogP contribution in [-0.4, -0.2) is 43.8 Å². The lowest BCUT2D eigenvalue weighted by atomic mass is 10.1. The van der Waals surface area contributed by atoms with Crippen LogP contribution in [0.3, 0.4) is 0 Å². The van der Waals surface area contributed by atoms with Gasteiger partial charge in [0.1, 0.15) is 35.4 Å². The smallest absolute Gasteiger partial charge is 0.278 e. The molecule has 0 bridgehead atoms. The van der Waals surface area contributed by atoms with Crippen LogP contribution in [0.15, 0.2) is 67.1 Å². The molecule has 2 atom stereocenters. The third kappa shape index (κ3) is 4.43. The highest BCUT2D eigenvalue weighted by atomic mass is 19.1. The second-order valence-electron chi connectivity index (χ2n) is 8.84. The van der Waals surface area contributed by atoms with Crippen molar-refractivity contribution >= 4 is 34.8 Å². The van der Waals surface area contributed by atoms with Crippen LogP contribution in [0.4, 0.5) is 27.4 Å². The van der Waals surface area contributed by atoms with E-state index in [-0.39, 0.29) is 28.8 Å². The van der Waals surface area contributed by atoms with Gasteiger partial charge in [-0.15, -0.1) is 0 Å². The first-order valence-electron chi connectivity index (χ1n) is 11.7. The zero-order valence-electron chi connectivity index (χ0n) is 20.5. The number of carbonyl (C=O) groups excluding carboxylic acids is 2. The Morgan fingerprint density at radius 3 is 2.68 bits per heavy atom. The zero-order valence-corrected chi connectivity index (χ0v) is 20.5. The fourth-order valence-corrected chi connectivity index (χ4v) is 4.36. The number of carbonyl (C=O) groups is 2. The number of nitrogen functional groups attached to an aromatic ring is 1. The van der Waals surface area contributed by atoms with Gasteiger partial charge < -0.3 is 26.9 Å². The average Bonchev–Trinajstić information content (AvgIpc) is 3.27. The molecule has 0 fully saturated rings. The maximum absolute atomic E-state index is 13.8. The summed E-state index contributed by atoms with van der Waals surface area (Å²) in [5.74, 6) is -2.27. The van der Waals surface area contributed by atoms with Gasteiger partial charge >= 0.3 is 0 Å². The number of aromatic nitrogens is 3. The number of nitrogens with two attached hydrogens (primary N) is 1. The number of anilines is 4. The number of nitrogens with one attached hydrogen (secondary N) is 3. The number of aryl methyl sites for hydroxylation is 1. The van der Waals surface area contributed by atoms with Gasteiger partial charge in [-0.05, 0) is 49.7 Å². The van der Waals surface area contributed by atoms with E-state index in [0.717, 1.165) is 17.7 Å². The quantitative estimate of drug-likeness (QED) is 0.245. The van der Waals surface area contributed by atoms with Gasteiger partial charge in [0.25, 0.3) is 11.8 Å². The van der Waals surface area contributed by atoms with Crippen LogP contribution < -0.4 is 26.7 Å². The van der Waals surface area contributed by atoms with Gasteiger partial charge in [-0.2, -0.15) is 0 Å². The Bertz CT molecular complexity index is 1520. The number of hydrogen-bond acceptors (Lipinski definition) is 8. The minimum absolute atomic E-state index is 0.0567. The monoisotopic (exact) mass is 516 g/mol. The van der Waals surface area contributed by atoms with Crippen molar-refractivity contribution in [1.82, 2.24) is 14.6 Å². The maximum atomic E-state index is 13.8. The molecule has 38 heavy (non-hydrogen) atoms. The van der Waals surface area contributed by atoms with E-state index in [4.69, 9.17) is 5.73 Å². The highest BCUT2D eigenvalue weighted by Gasteiger charge is 2.38. The Kier molecular flexibility index (Phi) is 6.29. The molecule has 1 aliphatic heterocycles. The Labute approximate surface area is 217 Å². The first-order chi connectivity index (χ1) is 18.2. The largest absolute Gasteiger partial charge is 0.505 e. The lowest BCUT2D eigenvalue weighted by molar-refractivity contribution is 0.0953. The number of halogens is 1. The molecule has 6 N–H and O–H groups in total. The molecule has 0 saturated carbocycles. The van der Waals surface area contributed by atoms with E-state index in [2.05, 4.69) is 26.0 Å². The molecule has 2 aromatic heterocycles. The number of rotatable bonds is 6. The lowest BCUT2D eigenvalue weighted by Gasteiger charge is -2.41. The van der Waals surface area contributed by atoms with Crippen LogP contribution in [-0.2, 0) is 0 Å². The number of amides is 2. The highest BCUT2D eigenvalue weighted by molar-refractivity contribution is 6.11. The van der Waals surface area contributed by atoms with Gasteiger partial charge in [-0.1, -0.05) is 18.2 Å². The molecule has 2 aromatic carbocycles. The number of aromatic hydroxyl groups is 1. The Morgan fingerprint density at radius 1 is 1.18 bits per heavy atom. The minimum Gasteiger partial charge on any atom is -0.505 e.